The lowest BCUT2D eigenvalue weighted by Gasteiger charge is -2.05. The Morgan fingerprint density at radius 2 is 1.62 bits per heavy atom. The molecule has 0 amide bonds. The lowest BCUT2D eigenvalue weighted by molar-refractivity contribution is 0.546. The molecule has 1 rings (SSSR count). The zero-order valence-corrected chi connectivity index (χ0v) is 10.6. The second-order valence-electron chi connectivity index (χ2n) is 4.60. The molecule has 16 heavy (non-hydrogen) atoms. The Kier molecular flexibility index (Phi) is 6.78. The van der Waals surface area contributed by atoms with E-state index in [0.717, 1.165) is 12.4 Å². The minimum atomic E-state index is 0.892. The number of nitrogens with zero attached hydrogens (tertiary/aromatic N) is 1. The summed E-state index contributed by atoms with van der Waals surface area (Å²) in [6.45, 7) is 3.34. The maximum absolute atomic E-state index is 5.80. The van der Waals surface area contributed by atoms with Crippen LogP contribution < -0.4 is 5.73 Å². The fraction of sp³-hybridized carbons (Fsp3) is 0.714. The van der Waals surface area contributed by atoms with Crippen molar-refractivity contribution in [2.24, 2.45) is 0 Å². The predicted molar refractivity (Wildman–Crippen MR) is 71.5 cm³/mol. The van der Waals surface area contributed by atoms with Gasteiger partial charge in [0, 0.05) is 12.7 Å². The van der Waals surface area contributed by atoms with Crippen LogP contribution in [0.25, 0.3) is 0 Å². The fourth-order valence-corrected chi connectivity index (χ4v) is 2.05. The van der Waals surface area contributed by atoms with E-state index in [1.54, 1.807) is 0 Å². The number of unbranched alkanes of at least 4 members (excludes halogenated alkanes) is 7. The van der Waals surface area contributed by atoms with Gasteiger partial charge in [-0.3, -0.25) is 0 Å². The first kappa shape index (κ1) is 13.1. The molecule has 0 unspecified atom stereocenters. The van der Waals surface area contributed by atoms with Crippen LogP contribution in [0.2, 0.25) is 0 Å². The Morgan fingerprint density at radius 3 is 2.19 bits per heavy atom. The average molecular weight is 222 g/mol. The molecule has 0 atom stereocenters. The highest BCUT2D eigenvalue weighted by molar-refractivity contribution is 5.29. The van der Waals surface area contributed by atoms with Crippen LogP contribution in [0.5, 0.6) is 0 Å². The molecule has 1 aromatic heterocycles. The monoisotopic (exact) mass is 222 g/mol. The van der Waals surface area contributed by atoms with Gasteiger partial charge in [0.2, 0.25) is 0 Å². The Morgan fingerprint density at radius 1 is 1.00 bits per heavy atom. The molecule has 0 fully saturated rings. The minimum Gasteiger partial charge on any atom is -0.385 e. The van der Waals surface area contributed by atoms with Crippen molar-refractivity contribution in [1.29, 1.82) is 0 Å². The quantitative estimate of drug-likeness (QED) is 0.623. The van der Waals surface area contributed by atoms with Gasteiger partial charge in [0.25, 0.3) is 0 Å². The van der Waals surface area contributed by atoms with Crippen LogP contribution in [0.1, 0.15) is 58.3 Å². The highest BCUT2D eigenvalue weighted by atomic mass is 15.0. The predicted octanol–water partition coefficient (Wildman–Crippen LogP) is 4.21. The third-order valence-electron chi connectivity index (χ3n) is 3.12. The SMILES string of the molecule is CCCCCCCCCCn1cccc1N. The molecular formula is C14H26N2. The van der Waals surface area contributed by atoms with E-state index in [-0.39, 0.29) is 0 Å². The largest absolute Gasteiger partial charge is 0.385 e. The van der Waals surface area contributed by atoms with Crippen LogP contribution in [-0.4, -0.2) is 4.57 Å². The zero-order valence-electron chi connectivity index (χ0n) is 10.6. The molecule has 92 valence electrons. The first-order valence-corrected chi connectivity index (χ1v) is 6.75. The zero-order chi connectivity index (χ0) is 11.6. The van der Waals surface area contributed by atoms with E-state index in [9.17, 15) is 0 Å². The van der Waals surface area contributed by atoms with E-state index >= 15 is 0 Å². The van der Waals surface area contributed by atoms with Crippen LogP contribution >= 0.6 is 0 Å². The maximum Gasteiger partial charge on any atom is 0.103 e. The number of rotatable bonds is 9. The third-order valence-corrected chi connectivity index (χ3v) is 3.12. The highest BCUT2D eigenvalue weighted by Crippen LogP contribution is 2.10. The van der Waals surface area contributed by atoms with E-state index in [4.69, 9.17) is 5.73 Å². The molecule has 1 heterocycles. The molecule has 0 spiro atoms. The summed E-state index contributed by atoms with van der Waals surface area (Å²) in [6, 6.07) is 3.98. The smallest absolute Gasteiger partial charge is 0.103 e. The molecule has 0 bridgehead atoms. The molecule has 0 aliphatic rings. The normalized spacial score (nSPS) is 10.8. The van der Waals surface area contributed by atoms with Gasteiger partial charge in [-0.25, -0.2) is 0 Å². The molecule has 0 aromatic carbocycles. The lowest BCUT2D eigenvalue weighted by Crippen LogP contribution is -2.01. The van der Waals surface area contributed by atoms with Gasteiger partial charge < -0.3 is 10.3 Å². The van der Waals surface area contributed by atoms with Crippen LogP contribution in [0.3, 0.4) is 0 Å². The van der Waals surface area contributed by atoms with Gasteiger partial charge in [0.15, 0.2) is 0 Å². The summed E-state index contributed by atoms with van der Waals surface area (Å²) >= 11 is 0. The second-order valence-corrected chi connectivity index (χ2v) is 4.60. The molecule has 0 saturated carbocycles. The number of hydrogen-bond acceptors (Lipinski definition) is 1. The summed E-state index contributed by atoms with van der Waals surface area (Å²) in [5.41, 5.74) is 5.80. The van der Waals surface area contributed by atoms with Gasteiger partial charge in [0.05, 0.1) is 0 Å². The molecule has 2 N–H and O–H groups in total. The first-order valence-electron chi connectivity index (χ1n) is 6.75. The van der Waals surface area contributed by atoms with Crippen molar-refractivity contribution in [3.8, 4) is 0 Å². The minimum absolute atomic E-state index is 0.892. The van der Waals surface area contributed by atoms with E-state index < -0.39 is 0 Å². The molecule has 0 saturated heterocycles. The van der Waals surface area contributed by atoms with Gasteiger partial charge in [-0.2, -0.15) is 0 Å². The summed E-state index contributed by atoms with van der Waals surface area (Å²) in [4.78, 5) is 0. The van der Waals surface area contributed by atoms with Crippen LogP contribution in [0, 0.1) is 0 Å². The third kappa shape index (κ3) is 5.24. The number of aryl methyl sites for hydroxylation is 1. The molecular weight excluding hydrogens is 196 g/mol. The van der Waals surface area contributed by atoms with Crippen molar-refractivity contribution in [2.45, 2.75) is 64.8 Å². The summed E-state index contributed by atoms with van der Waals surface area (Å²) in [7, 11) is 0. The van der Waals surface area contributed by atoms with Crippen molar-refractivity contribution >= 4 is 5.82 Å². The van der Waals surface area contributed by atoms with Crippen LogP contribution in [0.4, 0.5) is 5.82 Å². The Hall–Kier alpha value is -0.920. The van der Waals surface area contributed by atoms with E-state index in [2.05, 4.69) is 17.7 Å². The number of anilines is 1. The van der Waals surface area contributed by atoms with E-state index in [1.807, 2.05) is 12.1 Å². The molecule has 1 aromatic rings. The standard InChI is InChI=1S/C14H26N2/c1-2-3-4-5-6-7-8-9-12-16-13-10-11-14(16)15/h10-11,13H,2-9,12,15H2,1H3. The summed E-state index contributed by atoms with van der Waals surface area (Å²) in [5, 5.41) is 0. The number of nitrogens with two attached hydrogens (primary N) is 1. The topological polar surface area (TPSA) is 30.9 Å². The lowest BCUT2D eigenvalue weighted by atomic mass is 10.1. The van der Waals surface area contributed by atoms with Gasteiger partial charge >= 0.3 is 0 Å². The van der Waals surface area contributed by atoms with Crippen molar-refractivity contribution in [2.75, 3.05) is 5.73 Å². The summed E-state index contributed by atoms with van der Waals surface area (Å²) < 4.78 is 2.14. The Balaban J connectivity index is 1.91. The summed E-state index contributed by atoms with van der Waals surface area (Å²) in [6.07, 6.45) is 13.0. The number of nitrogen functional groups attached to an aromatic ring is 1. The molecule has 0 radical (unpaired) electrons. The highest BCUT2D eigenvalue weighted by Gasteiger charge is 1.95. The molecule has 0 aliphatic heterocycles. The van der Waals surface area contributed by atoms with E-state index in [1.165, 1.54) is 51.4 Å². The molecule has 2 nitrogen and oxygen atoms in total. The van der Waals surface area contributed by atoms with Crippen molar-refractivity contribution in [3.05, 3.63) is 18.3 Å². The van der Waals surface area contributed by atoms with Crippen LogP contribution in [0.15, 0.2) is 18.3 Å². The van der Waals surface area contributed by atoms with Crippen LogP contribution in [-0.2, 0) is 6.54 Å². The van der Waals surface area contributed by atoms with Crippen molar-refractivity contribution in [1.82, 2.24) is 4.57 Å². The second kappa shape index (κ2) is 8.26. The summed E-state index contributed by atoms with van der Waals surface area (Å²) in [5.74, 6) is 0.892. The molecule has 2 heteroatoms. The van der Waals surface area contributed by atoms with Gasteiger partial charge in [-0.1, -0.05) is 51.9 Å². The van der Waals surface area contributed by atoms with Gasteiger partial charge in [-0.15, -0.1) is 0 Å². The van der Waals surface area contributed by atoms with Crippen molar-refractivity contribution in [3.63, 3.8) is 0 Å². The molecule has 0 aliphatic carbocycles. The fourth-order valence-electron chi connectivity index (χ4n) is 2.05. The number of aromatic nitrogens is 1. The number of hydrogen-bond donors (Lipinski definition) is 1. The van der Waals surface area contributed by atoms with Gasteiger partial charge in [0.1, 0.15) is 5.82 Å². The Labute approximate surface area is 99.8 Å². The van der Waals surface area contributed by atoms with E-state index in [0.29, 0.717) is 0 Å². The van der Waals surface area contributed by atoms with Gasteiger partial charge in [-0.05, 0) is 18.6 Å². The maximum atomic E-state index is 5.80. The average Bonchev–Trinajstić information content (AvgIpc) is 2.68. The first-order chi connectivity index (χ1) is 7.84. The Bertz CT molecular complexity index is 265. The van der Waals surface area contributed by atoms with Crippen molar-refractivity contribution < 1.29 is 0 Å².